The molecular formula is C24H40O4S. The summed E-state index contributed by atoms with van der Waals surface area (Å²) in [4.78, 5) is 0.458. The number of rotatable bonds is 15. The third-order valence-electron chi connectivity index (χ3n) is 5.63. The Balaban J connectivity index is 1.36. The van der Waals surface area contributed by atoms with Crippen molar-refractivity contribution in [2.24, 2.45) is 0 Å². The molecule has 4 nitrogen and oxygen atoms in total. The molecule has 2 rings (SSSR count). The summed E-state index contributed by atoms with van der Waals surface area (Å²) in [5.74, 6) is 0.268. The minimum Gasteiger partial charge on any atom is -0.353 e. The van der Waals surface area contributed by atoms with E-state index in [4.69, 9.17) is 9.47 Å². The molecule has 0 bridgehead atoms. The predicted octanol–water partition coefficient (Wildman–Crippen LogP) is 6.21. The Bertz CT molecular complexity index is 633. The van der Waals surface area contributed by atoms with Gasteiger partial charge in [-0.25, -0.2) is 8.42 Å². The van der Waals surface area contributed by atoms with E-state index in [1.807, 2.05) is 19.1 Å². The average Bonchev–Trinajstić information content (AvgIpc) is 2.72. The third kappa shape index (κ3) is 10.6. The van der Waals surface area contributed by atoms with Crippen molar-refractivity contribution >= 4 is 9.84 Å². The molecule has 1 atom stereocenters. The van der Waals surface area contributed by atoms with Crippen LogP contribution < -0.4 is 0 Å². The highest BCUT2D eigenvalue weighted by Crippen LogP contribution is 2.17. The predicted molar refractivity (Wildman–Crippen MR) is 119 cm³/mol. The molecule has 166 valence electrons. The number of unbranched alkanes of at least 4 members (excludes halogenated alkanes) is 9. The zero-order chi connectivity index (χ0) is 20.8. The van der Waals surface area contributed by atoms with Gasteiger partial charge < -0.3 is 9.47 Å². The monoisotopic (exact) mass is 424 g/mol. The van der Waals surface area contributed by atoms with Crippen LogP contribution in [0, 0.1) is 6.92 Å². The first-order valence-corrected chi connectivity index (χ1v) is 13.3. The zero-order valence-electron chi connectivity index (χ0n) is 18.2. The number of sulfone groups is 1. The molecule has 1 aliphatic heterocycles. The first-order valence-electron chi connectivity index (χ1n) is 11.6. The fourth-order valence-corrected chi connectivity index (χ4v) is 5.10. The lowest BCUT2D eigenvalue weighted by Gasteiger charge is -2.22. The van der Waals surface area contributed by atoms with Gasteiger partial charge in [-0.1, -0.05) is 69.1 Å². The third-order valence-corrected chi connectivity index (χ3v) is 7.45. The van der Waals surface area contributed by atoms with E-state index in [2.05, 4.69) is 0 Å². The molecule has 1 unspecified atom stereocenters. The molecule has 0 aromatic heterocycles. The van der Waals surface area contributed by atoms with Crippen LogP contribution in [0.3, 0.4) is 0 Å². The van der Waals surface area contributed by atoms with Crippen molar-refractivity contribution in [3.05, 3.63) is 29.8 Å². The van der Waals surface area contributed by atoms with E-state index in [1.165, 1.54) is 51.4 Å². The molecule has 0 N–H and O–H groups in total. The molecule has 1 aliphatic rings. The first kappa shape index (κ1) is 24.4. The Morgan fingerprint density at radius 2 is 1.45 bits per heavy atom. The van der Waals surface area contributed by atoms with Gasteiger partial charge in [0, 0.05) is 13.2 Å². The Labute approximate surface area is 178 Å². The number of hydrogen-bond acceptors (Lipinski definition) is 4. The van der Waals surface area contributed by atoms with Crippen molar-refractivity contribution in [2.75, 3.05) is 19.0 Å². The van der Waals surface area contributed by atoms with E-state index in [0.29, 0.717) is 4.90 Å². The summed E-state index contributed by atoms with van der Waals surface area (Å²) in [6.45, 7) is 3.65. The largest absolute Gasteiger partial charge is 0.353 e. The average molecular weight is 425 g/mol. The summed E-state index contributed by atoms with van der Waals surface area (Å²) in [7, 11) is -3.12. The summed E-state index contributed by atoms with van der Waals surface area (Å²) in [5, 5.41) is 0. The van der Waals surface area contributed by atoms with Crippen LogP contribution in [0.25, 0.3) is 0 Å². The second-order valence-electron chi connectivity index (χ2n) is 8.33. The highest BCUT2D eigenvalue weighted by Gasteiger charge is 2.14. The highest BCUT2D eigenvalue weighted by molar-refractivity contribution is 7.91. The summed E-state index contributed by atoms with van der Waals surface area (Å²) >= 11 is 0. The van der Waals surface area contributed by atoms with Crippen LogP contribution in [-0.2, 0) is 19.3 Å². The molecule has 0 amide bonds. The van der Waals surface area contributed by atoms with Gasteiger partial charge in [0.15, 0.2) is 16.1 Å². The quantitative estimate of drug-likeness (QED) is 0.314. The van der Waals surface area contributed by atoms with Gasteiger partial charge in [-0.3, -0.25) is 0 Å². The van der Waals surface area contributed by atoms with E-state index in [0.717, 1.165) is 50.9 Å². The van der Waals surface area contributed by atoms with Gasteiger partial charge in [0.1, 0.15) is 0 Å². The summed E-state index contributed by atoms with van der Waals surface area (Å²) in [5.41, 5.74) is 1.09. The molecule has 1 aromatic rings. The van der Waals surface area contributed by atoms with E-state index in [-0.39, 0.29) is 12.0 Å². The van der Waals surface area contributed by atoms with Crippen LogP contribution in [0.5, 0.6) is 0 Å². The molecule has 1 saturated heterocycles. The second kappa shape index (κ2) is 14.2. The molecule has 1 aromatic carbocycles. The van der Waals surface area contributed by atoms with Gasteiger partial charge in [-0.15, -0.1) is 0 Å². The maximum atomic E-state index is 12.3. The second-order valence-corrected chi connectivity index (χ2v) is 10.4. The van der Waals surface area contributed by atoms with E-state index in [9.17, 15) is 8.42 Å². The first-order chi connectivity index (χ1) is 14.1. The molecule has 1 fully saturated rings. The van der Waals surface area contributed by atoms with Crippen LogP contribution in [0.15, 0.2) is 29.2 Å². The Morgan fingerprint density at radius 1 is 0.862 bits per heavy atom. The summed E-state index contributed by atoms with van der Waals surface area (Å²) < 4.78 is 35.9. The molecule has 1 heterocycles. The Kier molecular flexibility index (Phi) is 11.9. The molecular weight excluding hydrogens is 384 g/mol. The van der Waals surface area contributed by atoms with Crippen LogP contribution in [0.2, 0.25) is 0 Å². The highest BCUT2D eigenvalue weighted by atomic mass is 32.2. The smallest absolute Gasteiger partial charge is 0.178 e. The van der Waals surface area contributed by atoms with Crippen LogP contribution in [0.1, 0.15) is 89.0 Å². The topological polar surface area (TPSA) is 52.6 Å². The minimum absolute atomic E-state index is 0.0515. The lowest BCUT2D eigenvalue weighted by Crippen LogP contribution is -2.22. The summed E-state index contributed by atoms with van der Waals surface area (Å²) in [6.07, 6.45) is 15.1. The molecule has 0 aliphatic carbocycles. The standard InChI is InChI=1S/C24H40O4S/c1-22-15-17-23(18-16-22)29(25,26)21-13-9-7-5-3-2-4-6-8-11-19-27-24-14-10-12-20-28-24/h15-18,24H,2-14,19-21H2,1H3. The number of ether oxygens (including phenoxy) is 2. The molecule has 0 spiro atoms. The van der Waals surface area contributed by atoms with Crippen LogP contribution >= 0.6 is 0 Å². The van der Waals surface area contributed by atoms with Gasteiger partial charge in [-0.2, -0.15) is 0 Å². The van der Waals surface area contributed by atoms with Crippen molar-refractivity contribution in [2.45, 2.75) is 102 Å². The number of hydrogen-bond donors (Lipinski definition) is 0. The molecule has 5 heteroatoms. The minimum atomic E-state index is -3.12. The molecule has 29 heavy (non-hydrogen) atoms. The summed E-state index contributed by atoms with van der Waals surface area (Å²) in [6, 6.07) is 7.18. The van der Waals surface area contributed by atoms with Gasteiger partial charge in [0.25, 0.3) is 0 Å². The van der Waals surface area contributed by atoms with Crippen molar-refractivity contribution in [1.82, 2.24) is 0 Å². The van der Waals surface area contributed by atoms with Crippen molar-refractivity contribution in [3.8, 4) is 0 Å². The van der Waals surface area contributed by atoms with Gasteiger partial charge in [-0.05, 0) is 51.2 Å². The van der Waals surface area contributed by atoms with Gasteiger partial charge in [0.2, 0.25) is 0 Å². The van der Waals surface area contributed by atoms with Crippen LogP contribution in [-0.4, -0.2) is 33.7 Å². The fourth-order valence-electron chi connectivity index (χ4n) is 3.73. The maximum absolute atomic E-state index is 12.3. The Hall–Kier alpha value is -0.910. The fraction of sp³-hybridized carbons (Fsp3) is 0.750. The van der Waals surface area contributed by atoms with Gasteiger partial charge >= 0.3 is 0 Å². The number of aryl methyl sites for hydroxylation is 1. The zero-order valence-corrected chi connectivity index (χ0v) is 19.1. The lowest BCUT2D eigenvalue weighted by molar-refractivity contribution is -0.162. The van der Waals surface area contributed by atoms with Crippen molar-refractivity contribution in [3.63, 3.8) is 0 Å². The molecule has 0 saturated carbocycles. The number of benzene rings is 1. The van der Waals surface area contributed by atoms with Crippen molar-refractivity contribution < 1.29 is 17.9 Å². The van der Waals surface area contributed by atoms with E-state index in [1.54, 1.807) is 12.1 Å². The maximum Gasteiger partial charge on any atom is 0.178 e. The normalized spacial score (nSPS) is 17.5. The lowest BCUT2D eigenvalue weighted by atomic mass is 10.1. The van der Waals surface area contributed by atoms with Gasteiger partial charge in [0.05, 0.1) is 10.6 Å². The Morgan fingerprint density at radius 3 is 2.03 bits per heavy atom. The van der Waals surface area contributed by atoms with Crippen molar-refractivity contribution in [1.29, 1.82) is 0 Å². The van der Waals surface area contributed by atoms with E-state index >= 15 is 0 Å². The van der Waals surface area contributed by atoms with Crippen LogP contribution in [0.4, 0.5) is 0 Å². The van der Waals surface area contributed by atoms with E-state index < -0.39 is 9.84 Å². The molecule has 0 radical (unpaired) electrons. The SMILES string of the molecule is Cc1ccc(S(=O)(=O)CCCCCCCCCCCCOC2CCCCO2)cc1.